The molecule has 96 valence electrons. The molecule has 1 aromatic heterocycles. The van der Waals surface area contributed by atoms with Crippen molar-refractivity contribution in [3.63, 3.8) is 0 Å². The Labute approximate surface area is 113 Å². The second kappa shape index (κ2) is 6.12. The average Bonchev–Trinajstić information content (AvgIpc) is 2.85. The summed E-state index contributed by atoms with van der Waals surface area (Å²) in [5, 5.41) is 4.61. The minimum atomic E-state index is 0.390. The Bertz CT molecular complexity index is 505. The zero-order chi connectivity index (χ0) is 13.0. The van der Waals surface area contributed by atoms with E-state index in [1.165, 1.54) is 16.0 Å². The van der Waals surface area contributed by atoms with Gasteiger partial charge >= 0.3 is 0 Å². The number of benzene rings is 1. The van der Waals surface area contributed by atoms with Crippen LogP contribution in [-0.2, 0) is 0 Å². The van der Waals surface area contributed by atoms with Crippen molar-refractivity contribution in [2.75, 3.05) is 6.54 Å². The second-order valence-corrected chi connectivity index (χ2v) is 5.68. The molecule has 0 aliphatic heterocycles. The Balaban J connectivity index is 2.15. The predicted octanol–water partition coefficient (Wildman–Crippen LogP) is 4.18. The molecule has 1 atom stereocenters. The topological polar surface area (TPSA) is 24.9 Å². The van der Waals surface area contributed by atoms with Crippen molar-refractivity contribution in [2.45, 2.75) is 33.2 Å². The van der Waals surface area contributed by atoms with Crippen LogP contribution in [0.3, 0.4) is 0 Å². The average molecular weight is 260 g/mol. The van der Waals surface area contributed by atoms with Crippen LogP contribution in [0.1, 0.15) is 36.8 Å². The van der Waals surface area contributed by atoms with Gasteiger partial charge in [-0.2, -0.15) is 0 Å². The molecule has 2 rings (SSSR count). The van der Waals surface area contributed by atoms with Crippen molar-refractivity contribution in [3.8, 4) is 10.6 Å². The third-order valence-corrected chi connectivity index (χ3v) is 4.15. The molecule has 0 amide bonds. The van der Waals surface area contributed by atoms with Crippen molar-refractivity contribution in [1.29, 1.82) is 0 Å². The van der Waals surface area contributed by atoms with Crippen molar-refractivity contribution in [3.05, 3.63) is 40.9 Å². The minimum absolute atomic E-state index is 0.390. The van der Waals surface area contributed by atoms with E-state index in [1.807, 2.05) is 6.20 Å². The first-order valence-corrected chi connectivity index (χ1v) is 7.28. The first-order valence-electron chi connectivity index (χ1n) is 6.47. The van der Waals surface area contributed by atoms with E-state index in [2.05, 4.69) is 55.3 Å². The highest BCUT2D eigenvalue weighted by atomic mass is 32.1. The normalized spacial score (nSPS) is 12.6. The molecule has 0 bridgehead atoms. The van der Waals surface area contributed by atoms with E-state index in [0.29, 0.717) is 6.04 Å². The summed E-state index contributed by atoms with van der Waals surface area (Å²) in [6.45, 7) is 7.55. The maximum atomic E-state index is 4.54. The summed E-state index contributed by atoms with van der Waals surface area (Å²) in [6.07, 6.45) is 3.16. The molecule has 2 aromatic rings. The van der Waals surface area contributed by atoms with E-state index in [9.17, 15) is 0 Å². The summed E-state index contributed by atoms with van der Waals surface area (Å²) in [5.41, 5.74) is 2.50. The van der Waals surface area contributed by atoms with Gasteiger partial charge in [0.15, 0.2) is 0 Å². The fourth-order valence-electron chi connectivity index (χ4n) is 1.86. The number of rotatable bonds is 5. The molecule has 1 N–H and O–H groups in total. The summed E-state index contributed by atoms with van der Waals surface area (Å²) in [4.78, 5) is 5.84. The van der Waals surface area contributed by atoms with Crippen LogP contribution in [0.15, 0.2) is 30.5 Å². The number of hydrogen-bond donors (Lipinski definition) is 1. The number of nitrogens with zero attached hydrogens (tertiary/aromatic N) is 1. The SMILES string of the molecule is CCCNC(C)c1cnc(-c2cccc(C)c2)s1. The molecule has 2 nitrogen and oxygen atoms in total. The molecule has 1 heterocycles. The van der Waals surface area contributed by atoms with E-state index < -0.39 is 0 Å². The van der Waals surface area contributed by atoms with Gasteiger partial charge in [-0.3, -0.25) is 0 Å². The third-order valence-electron chi connectivity index (χ3n) is 2.92. The molecule has 0 saturated heterocycles. The van der Waals surface area contributed by atoms with Gasteiger partial charge in [0.25, 0.3) is 0 Å². The molecule has 3 heteroatoms. The van der Waals surface area contributed by atoms with Crippen molar-refractivity contribution < 1.29 is 0 Å². The minimum Gasteiger partial charge on any atom is -0.309 e. The number of thiazole rings is 1. The van der Waals surface area contributed by atoms with E-state index in [1.54, 1.807) is 11.3 Å². The Hall–Kier alpha value is -1.19. The van der Waals surface area contributed by atoms with Gasteiger partial charge in [0.2, 0.25) is 0 Å². The van der Waals surface area contributed by atoms with Gasteiger partial charge in [-0.15, -0.1) is 11.3 Å². The zero-order valence-corrected chi connectivity index (χ0v) is 12.1. The number of aromatic nitrogens is 1. The van der Waals surface area contributed by atoms with Crippen LogP contribution in [0.2, 0.25) is 0 Å². The highest BCUT2D eigenvalue weighted by Crippen LogP contribution is 2.28. The monoisotopic (exact) mass is 260 g/mol. The lowest BCUT2D eigenvalue weighted by molar-refractivity contribution is 0.577. The van der Waals surface area contributed by atoms with Gasteiger partial charge in [-0.05, 0) is 32.9 Å². The van der Waals surface area contributed by atoms with Crippen LogP contribution >= 0.6 is 11.3 Å². The summed E-state index contributed by atoms with van der Waals surface area (Å²) in [6, 6.07) is 8.90. The molecular weight excluding hydrogens is 240 g/mol. The molecule has 0 fully saturated rings. The van der Waals surface area contributed by atoms with Crippen molar-refractivity contribution >= 4 is 11.3 Å². The van der Waals surface area contributed by atoms with Gasteiger partial charge in [0, 0.05) is 22.7 Å². The molecule has 1 aromatic carbocycles. The van der Waals surface area contributed by atoms with E-state index in [0.717, 1.165) is 18.0 Å². The van der Waals surface area contributed by atoms with Crippen LogP contribution in [0.4, 0.5) is 0 Å². The van der Waals surface area contributed by atoms with Crippen LogP contribution in [0, 0.1) is 6.92 Å². The molecule has 0 spiro atoms. The van der Waals surface area contributed by atoms with Gasteiger partial charge in [-0.25, -0.2) is 4.98 Å². The quantitative estimate of drug-likeness (QED) is 0.872. The lowest BCUT2D eigenvalue weighted by Gasteiger charge is -2.09. The Morgan fingerprint density at radius 1 is 1.39 bits per heavy atom. The molecule has 18 heavy (non-hydrogen) atoms. The molecule has 1 unspecified atom stereocenters. The van der Waals surface area contributed by atoms with Crippen molar-refractivity contribution in [1.82, 2.24) is 10.3 Å². The molecule has 0 saturated carbocycles. The Morgan fingerprint density at radius 3 is 2.94 bits per heavy atom. The fourth-order valence-corrected chi connectivity index (χ4v) is 2.80. The van der Waals surface area contributed by atoms with Crippen LogP contribution in [-0.4, -0.2) is 11.5 Å². The van der Waals surface area contributed by atoms with Gasteiger partial charge < -0.3 is 5.32 Å². The fraction of sp³-hybridized carbons (Fsp3) is 0.400. The van der Waals surface area contributed by atoms with Crippen LogP contribution in [0.5, 0.6) is 0 Å². The Morgan fingerprint density at radius 2 is 2.22 bits per heavy atom. The Kier molecular flexibility index (Phi) is 4.50. The summed E-state index contributed by atoms with van der Waals surface area (Å²) < 4.78 is 0. The molecular formula is C15H20N2S. The molecule has 0 aliphatic rings. The third kappa shape index (κ3) is 3.18. The van der Waals surface area contributed by atoms with E-state index >= 15 is 0 Å². The lowest BCUT2D eigenvalue weighted by Crippen LogP contribution is -2.18. The highest BCUT2D eigenvalue weighted by Gasteiger charge is 2.10. The summed E-state index contributed by atoms with van der Waals surface area (Å²) in [5.74, 6) is 0. The van der Waals surface area contributed by atoms with E-state index in [-0.39, 0.29) is 0 Å². The van der Waals surface area contributed by atoms with Crippen LogP contribution < -0.4 is 5.32 Å². The standard InChI is InChI=1S/C15H20N2S/c1-4-8-16-12(3)14-10-17-15(18-14)13-7-5-6-11(2)9-13/h5-7,9-10,12,16H,4,8H2,1-3H3. The summed E-state index contributed by atoms with van der Waals surface area (Å²) >= 11 is 1.78. The number of hydrogen-bond acceptors (Lipinski definition) is 3. The van der Waals surface area contributed by atoms with Gasteiger partial charge in [0.05, 0.1) is 0 Å². The molecule has 0 aliphatic carbocycles. The first-order chi connectivity index (χ1) is 8.70. The highest BCUT2D eigenvalue weighted by molar-refractivity contribution is 7.15. The van der Waals surface area contributed by atoms with Gasteiger partial charge in [0.1, 0.15) is 5.01 Å². The van der Waals surface area contributed by atoms with E-state index in [4.69, 9.17) is 0 Å². The smallest absolute Gasteiger partial charge is 0.123 e. The summed E-state index contributed by atoms with van der Waals surface area (Å²) in [7, 11) is 0. The van der Waals surface area contributed by atoms with Gasteiger partial charge in [-0.1, -0.05) is 30.7 Å². The number of aryl methyl sites for hydroxylation is 1. The predicted molar refractivity (Wildman–Crippen MR) is 79.0 cm³/mol. The number of nitrogens with one attached hydrogen (secondary N) is 1. The lowest BCUT2D eigenvalue weighted by atomic mass is 10.1. The first kappa shape index (κ1) is 13.2. The largest absolute Gasteiger partial charge is 0.309 e. The van der Waals surface area contributed by atoms with Crippen molar-refractivity contribution in [2.24, 2.45) is 0 Å². The maximum Gasteiger partial charge on any atom is 0.123 e. The molecule has 0 radical (unpaired) electrons. The maximum absolute atomic E-state index is 4.54. The second-order valence-electron chi connectivity index (χ2n) is 4.61. The zero-order valence-electron chi connectivity index (χ0n) is 11.2. The van der Waals surface area contributed by atoms with Crippen LogP contribution in [0.25, 0.3) is 10.6 Å².